The lowest BCUT2D eigenvalue weighted by Crippen LogP contribution is -2.12. The molecular weight excluding hydrogens is 170 g/mol. The number of hydrogen-bond acceptors (Lipinski definition) is 1. The van der Waals surface area contributed by atoms with Gasteiger partial charge < -0.3 is 4.90 Å². The van der Waals surface area contributed by atoms with E-state index in [9.17, 15) is 0 Å². The normalized spacial score (nSPS) is 11.7. The topological polar surface area (TPSA) is 3.24 Å². The lowest BCUT2D eigenvalue weighted by Gasteiger charge is -2.06. The molecule has 0 rings (SSSR count). The minimum absolute atomic E-state index is 1.21. The third-order valence-electron chi connectivity index (χ3n) is 2.37. The SMILES string of the molecule is CCCCCC/C=C/CCCN(C)C. The summed E-state index contributed by atoms with van der Waals surface area (Å²) in [6, 6.07) is 0. The van der Waals surface area contributed by atoms with Gasteiger partial charge in [0.2, 0.25) is 0 Å². The van der Waals surface area contributed by atoms with Crippen LogP contribution in [0.15, 0.2) is 12.2 Å². The van der Waals surface area contributed by atoms with Crippen LogP contribution in [0.4, 0.5) is 0 Å². The molecule has 0 N–H and O–H groups in total. The summed E-state index contributed by atoms with van der Waals surface area (Å²) in [5.41, 5.74) is 0. The Kier molecular flexibility index (Phi) is 10.5. The number of allylic oxidation sites excluding steroid dienone is 2. The van der Waals surface area contributed by atoms with Gasteiger partial charge in [-0.3, -0.25) is 0 Å². The van der Waals surface area contributed by atoms with Gasteiger partial charge in [0.25, 0.3) is 0 Å². The average Bonchev–Trinajstić information content (AvgIpc) is 2.15. The van der Waals surface area contributed by atoms with E-state index in [2.05, 4.69) is 38.1 Å². The van der Waals surface area contributed by atoms with Gasteiger partial charge in [-0.15, -0.1) is 0 Å². The van der Waals surface area contributed by atoms with E-state index < -0.39 is 0 Å². The first kappa shape index (κ1) is 13.7. The first-order valence-corrected chi connectivity index (χ1v) is 6.07. The van der Waals surface area contributed by atoms with Gasteiger partial charge in [0.15, 0.2) is 0 Å². The van der Waals surface area contributed by atoms with Crippen LogP contribution < -0.4 is 0 Å². The molecule has 0 aromatic heterocycles. The molecule has 0 atom stereocenters. The Morgan fingerprint density at radius 3 is 2.07 bits per heavy atom. The van der Waals surface area contributed by atoms with E-state index in [-0.39, 0.29) is 0 Å². The van der Waals surface area contributed by atoms with Crippen LogP contribution in [0.25, 0.3) is 0 Å². The molecule has 1 heteroatoms. The third kappa shape index (κ3) is 11.7. The van der Waals surface area contributed by atoms with E-state index >= 15 is 0 Å². The summed E-state index contributed by atoms with van der Waals surface area (Å²) in [5.74, 6) is 0. The fourth-order valence-corrected chi connectivity index (χ4v) is 1.45. The summed E-state index contributed by atoms with van der Waals surface area (Å²) in [6.07, 6.45) is 14.0. The standard InChI is InChI=1S/C13H27N/c1-4-5-6-7-8-9-10-11-12-13-14(2)3/h9-10H,4-8,11-13H2,1-3H3/b10-9+. The van der Waals surface area contributed by atoms with Crippen LogP contribution in [-0.4, -0.2) is 25.5 Å². The van der Waals surface area contributed by atoms with Gasteiger partial charge in [-0.05, 0) is 46.3 Å². The molecule has 0 saturated heterocycles. The van der Waals surface area contributed by atoms with E-state index in [1.165, 1.54) is 51.5 Å². The quantitative estimate of drug-likeness (QED) is 0.401. The van der Waals surface area contributed by atoms with Crippen LogP contribution >= 0.6 is 0 Å². The zero-order chi connectivity index (χ0) is 10.6. The Hall–Kier alpha value is -0.300. The van der Waals surface area contributed by atoms with Gasteiger partial charge in [-0.2, -0.15) is 0 Å². The van der Waals surface area contributed by atoms with Crippen LogP contribution in [0.1, 0.15) is 51.9 Å². The van der Waals surface area contributed by atoms with Gasteiger partial charge in [-0.1, -0.05) is 38.3 Å². The minimum atomic E-state index is 1.21. The van der Waals surface area contributed by atoms with E-state index in [0.29, 0.717) is 0 Å². The molecule has 0 spiro atoms. The van der Waals surface area contributed by atoms with Gasteiger partial charge in [0.05, 0.1) is 0 Å². The molecule has 0 amide bonds. The maximum atomic E-state index is 2.35. The van der Waals surface area contributed by atoms with E-state index in [1.54, 1.807) is 0 Å². The Morgan fingerprint density at radius 1 is 0.857 bits per heavy atom. The Morgan fingerprint density at radius 2 is 1.50 bits per heavy atom. The molecule has 1 nitrogen and oxygen atoms in total. The third-order valence-corrected chi connectivity index (χ3v) is 2.37. The van der Waals surface area contributed by atoms with E-state index in [0.717, 1.165) is 0 Å². The molecule has 0 unspecified atom stereocenters. The van der Waals surface area contributed by atoms with Gasteiger partial charge in [0, 0.05) is 0 Å². The molecule has 0 aromatic rings. The highest BCUT2D eigenvalue weighted by molar-refractivity contribution is 4.81. The zero-order valence-corrected chi connectivity index (χ0v) is 10.3. The highest BCUT2D eigenvalue weighted by Gasteiger charge is 1.87. The second kappa shape index (κ2) is 10.8. The van der Waals surface area contributed by atoms with Crippen LogP contribution in [-0.2, 0) is 0 Å². The van der Waals surface area contributed by atoms with Crippen molar-refractivity contribution < 1.29 is 0 Å². The van der Waals surface area contributed by atoms with Crippen molar-refractivity contribution in [1.29, 1.82) is 0 Å². The molecule has 0 bridgehead atoms. The predicted octanol–water partition coefficient (Wildman–Crippen LogP) is 3.85. The summed E-state index contributed by atoms with van der Waals surface area (Å²) >= 11 is 0. The summed E-state index contributed by atoms with van der Waals surface area (Å²) < 4.78 is 0. The molecule has 84 valence electrons. The second-order valence-corrected chi connectivity index (χ2v) is 4.27. The van der Waals surface area contributed by atoms with Crippen molar-refractivity contribution in [2.45, 2.75) is 51.9 Å². The number of unbranched alkanes of at least 4 members (excludes halogenated alkanes) is 5. The number of rotatable bonds is 9. The number of hydrogen-bond donors (Lipinski definition) is 0. The van der Waals surface area contributed by atoms with E-state index in [1.807, 2.05) is 0 Å². The predicted molar refractivity (Wildman–Crippen MR) is 65.7 cm³/mol. The molecule has 0 heterocycles. The van der Waals surface area contributed by atoms with E-state index in [4.69, 9.17) is 0 Å². The van der Waals surface area contributed by atoms with Crippen molar-refractivity contribution in [3.63, 3.8) is 0 Å². The molecular formula is C13H27N. The molecule has 0 fully saturated rings. The van der Waals surface area contributed by atoms with Gasteiger partial charge in [-0.25, -0.2) is 0 Å². The minimum Gasteiger partial charge on any atom is -0.309 e. The summed E-state index contributed by atoms with van der Waals surface area (Å²) in [5, 5.41) is 0. The van der Waals surface area contributed by atoms with Crippen LogP contribution in [0.2, 0.25) is 0 Å². The molecule has 0 radical (unpaired) electrons. The lowest BCUT2D eigenvalue weighted by molar-refractivity contribution is 0.402. The fourth-order valence-electron chi connectivity index (χ4n) is 1.45. The summed E-state index contributed by atoms with van der Waals surface area (Å²) in [7, 11) is 4.27. The number of nitrogens with zero attached hydrogens (tertiary/aromatic N) is 1. The maximum Gasteiger partial charge on any atom is -0.00219 e. The first-order valence-electron chi connectivity index (χ1n) is 6.07. The van der Waals surface area contributed by atoms with Gasteiger partial charge >= 0.3 is 0 Å². The van der Waals surface area contributed by atoms with Crippen molar-refractivity contribution in [1.82, 2.24) is 4.90 Å². The lowest BCUT2D eigenvalue weighted by atomic mass is 10.1. The van der Waals surface area contributed by atoms with Crippen molar-refractivity contribution >= 4 is 0 Å². The highest BCUT2D eigenvalue weighted by atomic mass is 15.0. The van der Waals surface area contributed by atoms with Crippen LogP contribution in [0.3, 0.4) is 0 Å². The summed E-state index contributed by atoms with van der Waals surface area (Å²) in [6.45, 7) is 3.47. The van der Waals surface area contributed by atoms with Crippen molar-refractivity contribution in [2.24, 2.45) is 0 Å². The maximum absolute atomic E-state index is 2.35. The Balaban J connectivity index is 3.04. The molecule has 0 aliphatic heterocycles. The monoisotopic (exact) mass is 197 g/mol. The highest BCUT2D eigenvalue weighted by Crippen LogP contribution is 2.03. The Bertz CT molecular complexity index is 127. The van der Waals surface area contributed by atoms with Crippen molar-refractivity contribution in [2.75, 3.05) is 20.6 Å². The van der Waals surface area contributed by atoms with Crippen molar-refractivity contribution in [3.05, 3.63) is 12.2 Å². The fraction of sp³-hybridized carbons (Fsp3) is 0.846. The first-order chi connectivity index (χ1) is 6.77. The average molecular weight is 197 g/mol. The van der Waals surface area contributed by atoms with Gasteiger partial charge in [0.1, 0.15) is 0 Å². The molecule has 0 saturated carbocycles. The summed E-state index contributed by atoms with van der Waals surface area (Å²) in [4.78, 5) is 2.25. The largest absolute Gasteiger partial charge is 0.309 e. The van der Waals surface area contributed by atoms with Crippen LogP contribution in [0.5, 0.6) is 0 Å². The second-order valence-electron chi connectivity index (χ2n) is 4.27. The molecule has 0 aliphatic carbocycles. The molecule has 0 aliphatic rings. The Labute approximate surface area is 90.2 Å². The van der Waals surface area contributed by atoms with Crippen molar-refractivity contribution in [3.8, 4) is 0 Å². The molecule has 0 aromatic carbocycles. The molecule has 14 heavy (non-hydrogen) atoms. The zero-order valence-electron chi connectivity index (χ0n) is 10.3. The van der Waals surface area contributed by atoms with Crippen LogP contribution in [0, 0.1) is 0 Å². The smallest absolute Gasteiger partial charge is 0.00219 e.